The van der Waals surface area contributed by atoms with Crippen molar-refractivity contribution in [1.29, 1.82) is 0 Å². The Hall–Kier alpha value is -1.49. The van der Waals surface area contributed by atoms with Crippen molar-refractivity contribution in [1.82, 2.24) is 14.8 Å². The number of aromatic nitrogens is 1. The minimum Gasteiger partial charge on any atom is -0.352 e. The van der Waals surface area contributed by atoms with Crippen LogP contribution >= 0.6 is 11.6 Å². The lowest BCUT2D eigenvalue weighted by Gasteiger charge is -2.41. The summed E-state index contributed by atoms with van der Waals surface area (Å²) >= 11 is 6.05. The first-order valence-electron chi connectivity index (χ1n) is 6.89. The Morgan fingerprint density at radius 1 is 1.45 bits per heavy atom. The molecule has 0 bridgehead atoms. The average molecular weight is 296 g/mol. The van der Waals surface area contributed by atoms with Gasteiger partial charge in [-0.1, -0.05) is 11.6 Å². The zero-order chi connectivity index (χ0) is 14.5. The first kappa shape index (κ1) is 13.5. The van der Waals surface area contributed by atoms with Gasteiger partial charge in [-0.15, -0.1) is 0 Å². The van der Waals surface area contributed by atoms with Gasteiger partial charge < -0.3 is 14.8 Å². The Labute approximate surface area is 122 Å². The van der Waals surface area contributed by atoms with Gasteiger partial charge in [-0.05, 0) is 32.8 Å². The Balaban J connectivity index is 1.94. The SMILES string of the molecule is CC1(C)C(=O)NCCN1C(=O)c1cc(Cl)cn1C1CC1. The van der Waals surface area contributed by atoms with Gasteiger partial charge in [0.05, 0.1) is 5.02 Å². The molecule has 1 aliphatic carbocycles. The molecule has 0 atom stereocenters. The van der Waals surface area contributed by atoms with Crippen LogP contribution in [0.1, 0.15) is 43.2 Å². The molecule has 2 aliphatic rings. The maximum absolute atomic E-state index is 12.8. The molecule has 2 amide bonds. The summed E-state index contributed by atoms with van der Waals surface area (Å²) in [6.07, 6.45) is 3.97. The van der Waals surface area contributed by atoms with Crippen LogP contribution in [0.4, 0.5) is 0 Å². The number of carbonyl (C=O) groups excluding carboxylic acids is 2. The van der Waals surface area contributed by atoms with Crippen molar-refractivity contribution < 1.29 is 9.59 Å². The van der Waals surface area contributed by atoms with Crippen molar-refractivity contribution in [3.8, 4) is 0 Å². The second-order valence-corrected chi connectivity index (χ2v) is 6.39. The second-order valence-electron chi connectivity index (χ2n) is 5.95. The highest BCUT2D eigenvalue weighted by atomic mass is 35.5. The Morgan fingerprint density at radius 3 is 2.80 bits per heavy atom. The summed E-state index contributed by atoms with van der Waals surface area (Å²) in [5, 5.41) is 3.37. The molecule has 1 aliphatic heterocycles. The monoisotopic (exact) mass is 295 g/mol. The van der Waals surface area contributed by atoms with Gasteiger partial charge >= 0.3 is 0 Å². The fourth-order valence-electron chi connectivity index (χ4n) is 2.67. The molecule has 1 aromatic heterocycles. The van der Waals surface area contributed by atoms with Crippen molar-refractivity contribution in [2.24, 2.45) is 0 Å². The molecular weight excluding hydrogens is 278 g/mol. The van der Waals surface area contributed by atoms with Gasteiger partial charge in [0, 0.05) is 25.3 Å². The van der Waals surface area contributed by atoms with E-state index in [9.17, 15) is 9.59 Å². The highest BCUT2D eigenvalue weighted by Gasteiger charge is 2.42. The number of halogens is 1. The van der Waals surface area contributed by atoms with Crippen LogP contribution in [-0.2, 0) is 4.79 Å². The molecular formula is C14H18ClN3O2. The zero-order valence-electron chi connectivity index (χ0n) is 11.6. The Bertz CT molecular complexity index is 575. The third kappa shape index (κ3) is 2.10. The smallest absolute Gasteiger partial charge is 0.271 e. The lowest BCUT2D eigenvalue weighted by atomic mass is 9.98. The van der Waals surface area contributed by atoms with E-state index in [0.29, 0.717) is 29.8 Å². The molecule has 1 saturated heterocycles. The Morgan fingerprint density at radius 2 is 2.15 bits per heavy atom. The van der Waals surface area contributed by atoms with Crippen LogP contribution in [-0.4, -0.2) is 39.9 Å². The Kier molecular flexibility index (Phi) is 3.05. The number of hydrogen-bond donors (Lipinski definition) is 1. The van der Waals surface area contributed by atoms with Crippen LogP contribution in [0.5, 0.6) is 0 Å². The molecule has 3 rings (SSSR count). The summed E-state index contributed by atoms with van der Waals surface area (Å²) < 4.78 is 1.95. The zero-order valence-corrected chi connectivity index (χ0v) is 12.4. The van der Waals surface area contributed by atoms with Crippen LogP contribution in [0.3, 0.4) is 0 Å². The van der Waals surface area contributed by atoms with Crippen LogP contribution in [0.15, 0.2) is 12.3 Å². The van der Waals surface area contributed by atoms with Crippen LogP contribution in [0.2, 0.25) is 5.02 Å². The summed E-state index contributed by atoms with van der Waals surface area (Å²) in [4.78, 5) is 26.4. The van der Waals surface area contributed by atoms with Gasteiger partial charge in [0.2, 0.25) is 5.91 Å². The van der Waals surface area contributed by atoms with Gasteiger partial charge in [-0.3, -0.25) is 9.59 Å². The van der Waals surface area contributed by atoms with E-state index in [1.807, 2.05) is 10.8 Å². The van der Waals surface area contributed by atoms with Gasteiger partial charge in [-0.2, -0.15) is 0 Å². The molecule has 108 valence electrons. The molecule has 20 heavy (non-hydrogen) atoms. The lowest BCUT2D eigenvalue weighted by molar-refractivity contribution is -0.133. The lowest BCUT2D eigenvalue weighted by Crippen LogP contribution is -2.63. The van der Waals surface area contributed by atoms with Crippen molar-refractivity contribution >= 4 is 23.4 Å². The molecule has 1 aromatic rings. The quantitative estimate of drug-likeness (QED) is 0.905. The molecule has 0 radical (unpaired) electrons. The van der Waals surface area contributed by atoms with E-state index in [1.165, 1.54) is 0 Å². The summed E-state index contributed by atoms with van der Waals surface area (Å²) in [5.74, 6) is -0.239. The minimum absolute atomic E-state index is 0.118. The highest BCUT2D eigenvalue weighted by Crippen LogP contribution is 2.38. The second kappa shape index (κ2) is 4.52. The maximum atomic E-state index is 12.8. The maximum Gasteiger partial charge on any atom is 0.271 e. The largest absolute Gasteiger partial charge is 0.352 e. The third-order valence-corrected chi connectivity index (χ3v) is 4.28. The number of nitrogens with one attached hydrogen (secondary N) is 1. The number of amides is 2. The van der Waals surface area contributed by atoms with Crippen LogP contribution in [0, 0.1) is 0 Å². The normalized spacial score (nSPS) is 21.8. The number of rotatable bonds is 2. The third-order valence-electron chi connectivity index (χ3n) is 4.07. The first-order chi connectivity index (χ1) is 9.41. The topological polar surface area (TPSA) is 54.3 Å². The van der Waals surface area contributed by atoms with Gasteiger partial charge in [0.1, 0.15) is 11.2 Å². The van der Waals surface area contributed by atoms with Crippen molar-refractivity contribution in [2.45, 2.75) is 38.3 Å². The van der Waals surface area contributed by atoms with Crippen LogP contribution < -0.4 is 5.32 Å². The predicted molar refractivity (Wildman–Crippen MR) is 75.8 cm³/mol. The van der Waals surface area contributed by atoms with E-state index in [-0.39, 0.29) is 11.8 Å². The first-order valence-corrected chi connectivity index (χ1v) is 7.26. The number of nitrogens with zero attached hydrogens (tertiary/aromatic N) is 2. The summed E-state index contributed by atoms with van der Waals surface area (Å²) in [6, 6.07) is 2.08. The summed E-state index contributed by atoms with van der Waals surface area (Å²) in [6.45, 7) is 4.55. The van der Waals surface area contributed by atoms with Crippen molar-refractivity contribution in [3.63, 3.8) is 0 Å². The molecule has 5 nitrogen and oxygen atoms in total. The molecule has 2 fully saturated rings. The van der Waals surface area contributed by atoms with E-state index < -0.39 is 5.54 Å². The van der Waals surface area contributed by atoms with Gasteiger partial charge in [0.15, 0.2) is 0 Å². The molecule has 6 heteroatoms. The molecule has 0 aromatic carbocycles. The fraction of sp³-hybridized carbons (Fsp3) is 0.571. The van der Waals surface area contributed by atoms with Gasteiger partial charge in [0.25, 0.3) is 5.91 Å². The van der Waals surface area contributed by atoms with Crippen molar-refractivity contribution in [2.75, 3.05) is 13.1 Å². The molecule has 2 heterocycles. The van der Waals surface area contributed by atoms with Crippen LogP contribution in [0.25, 0.3) is 0 Å². The minimum atomic E-state index is -0.833. The molecule has 0 spiro atoms. The van der Waals surface area contributed by atoms with E-state index >= 15 is 0 Å². The number of hydrogen-bond acceptors (Lipinski definition) is 2. The summed E-state index contributed by atoms with van der Waals surface area (Å²) in [5.41, 5.74) is -0.249. The van der Waals surface area contributed by atoms with Gasteiger partial charge in [-0.25, -0.2) is 0 Å². The summed E-state index contributed by atoms with van der Waals surface area (Å²) in [7, 11) is 0. The average Bonchev–Trinajstić information content (AvgIpc) is 3.15. The fourth-order valence-corrected chi connectivity index (χ4v) is 2.87. The van der Waals surface area contributed by atoms with E-state index in [1.54, 1.807) is 24.8 Å². The van der Waals surface area contributed by atoms with E-state index in [0.717, 1.165) is 12.8 Å². The number of piperazine rings is 1. The molecule has 1 saturated carbocycles. The number of carbonyl (C=O) groups is 2. The van der Waals surface area contributed by atoms with E-state index in [4.69, 9.17) is 11.6 Å². The molecule has 0 unspecified atom stereocenters. The molecule has 1 N–H and O–H groups in total. The van der Waals surface area contributed by atoms with Crippen molar-refractivity contribution in [3.05, 3.63) is 23.0 Å². The standard InChI is InChI=1S/C14H18ClN3O2/c1-14(2)13(20)16-5-6-18(14)12(19)11-7-9(15)8-17(11)10-3-4-10/h7-8,10H,3-6H2,1-2H3,(H,16,20). The highest BCUT2D eigenvalue weighted by molar-refractivity contribution is 6.31. The van der Waals surface area contributed by atoms with E-state index in [2.05, 4.69) is 5.32 Å². The predicted octanol–water partition coefficient (Wildman–Crippen LogP) is 1.83.